The molecule has 0 unspecified atom stereocenters. The maximum atomic E-state index is 11.8. The molecule has 0 aliphatic heterocycles. The summed E-state index contributed by atoms with van der Waals surface area (Å²) in [6, 6.07) is 7.04. The number of esters is 1. The van der Waals surface area contributed by atoms with Crippen LogP contribution in [0.15, 0.2) is 36.4 Å². The molecular formula is C21H30N2O5. The predicted molar refractivity (Wildman–Crippen MR) is 107 cm³/mol. The molecule has 154 valence electrons. The summed E-state index contributed by atoms with van der Waals surface area (Å²) in [4.78, 5) is 34.4. The van der Waals surface area contributed by atoms with Gasteiger partial charge in [0.1, 0.15) is 5.75 Å². The number of aryl methyl sites for hydroxylation is 1. The summed E-state index contributed by atoms with van der Waals surface area (Å²) in [6.07, 6.45) is 2.92. The third-order valence-corrected chi connectivity index (χ3v) is 3.85. The quantitative estimate of drug-likeness (QED) is 0.325. The van der Waals surface area contributed by atoms with E-state index in [1.807, 2.05) is 12.1 Å². The molecule has 7 nitrogen and oxygen atoms in total. The van der Waals surface area contributed by atoms with Gasteiger partial charge in [-0.2, -0.15) is 0 Å². The van der Waals surface area contributed by atoms with E-state index in [9.17, 15) is 14.4 Å². The molecule has 0 aliphatic rings. The molecule has 0 heterocycles. The van der Waals surface area contributed by atoms with Crippen molar-refractivity contribution >= 4 is 18.0 Å². The van der Waals surface area contributed by atoms with E-state index in [1.165, 1.54) is 0 Å². The Labute approximate surface area is 166 Å². The number of carbonyl (C=O) groups excluding carboxylic acids is 3. The number of benzene rings is 1. The number of amides is 2. The zero-order valence-electron chi connectivity index (χ0n) is 16.7. The maximum absolute atomic E-state index is 11.8. The molecule has 1 aromatic carbocycles. The molecule has 7 heteroatoms. The van der Waals surface area contributed by atoms with Crippen LogP contribution in [0.5, 0.6) is 5.75 Å². The first-order valence-electron chi connectivity index (χ1n) is 9.56. The summed E-state index contributed by atoms with van der Waals surface area (Å²) >= 11 is 0. The zero-order chi connectivity index (χ0) is 20.8. The van der Waals surface area contributed by atoms with Gasteiger partial charge in [0.05, 0.1) is 6.61 Å². The van der Waals surface area contributed by atoms with Crippen molar-refractivity contribution in [1.29, 1.82) is 0 Å². The van der Waals surface area contributed by atoms with E-state index in [4.69, 9.17) is 9.47 Å². The van der Waals surface area contributed by atoms with Gasteiger partial charge >= 0.3 is 12.1 Å². The van der Waals surface area contributed by atoms with Gasteiger partial charge < -0.3 is 20.1 Å². The van der Waals surface area contributed by atoms with Crippen molar-refractivity contribution in [3.05, 3.63) is 42.0 Å². The van der Waals surface area contributed by atoms with Gasteiger partial charge in [0.25, 0.3) is 0 Å². The lowest BCUT2D eigenvalue weighted by molar-refractivity contribution is -0.143. The second-order valence-electron chi connectivity index (χ2n) is 6.36. The first-order valence-corrected chi connectivity index (χ1v) is 9.56. The van der Waals surface area contributed by atoms with Crippen molar-refractivity contribution in [3.8, 4) is 5.75 Å². The maximum Gasteiger partial charge on any atom is 0.412 e. The van der Waals surface area contributed by atoms with Crippen LogP contribution < -0.4 is 15.4 Å². The monoisotopic (exact) mass is 390 g/mol. The van der Waals surface area contributed by atoms with Crippen LogP contribution in [0.25, 0.3) is 0 Å². The summed E-state index contributed by atoms with van der Waals surface area (Å²) in [5, 5.41) is 5.46. The minimum absolute atomic E-state index is 0.131. The summed E-state index contributed by atoms with van der Waals surface area (Å²) < 4.78 is 10.1. The third kappa shape index (κ3) is 10.4. The Kier molecular flexibility index (Phi) is 11.1. The smallest absolute Gasteiger partial charge is 0.412 e. The average Bonchev–Trinajstić information content (AvgIpc) is 2.66. The van der Waals surface area contributed by atoms with E-state index in [2.05, 4.69) is 17.2 Å². The summed E-state index contributed by atoms with van der Waals surface area (Å²) in [5.74, 6) is 0.0916. The van der Waals surface area contributed by atoms with Gasteiger partial charge in [-0.25, -0.2) is 4.79 Å². The van der Waals surface area contributed by atoms with Gasteiger partial charge in [-0.1, -0.05) is 18.7 Å². The fraction of sp³-hybridized carbons (Fsp3) is 0.476. The third-order valence-electron chi connectivity index (χ3n) is 3.85. The Morgan fingerprint density at radius 3 is 2.25 bits per heavy atom. The molecule has 28 heavy (non-hydrogen) atoms. The molecule has 0 atom stereocenters. The van der Waals surface area contributed by atoms with Gasteiger partial charge in [-0.15, -0.1) is 0 Å². The fourth-order valence-electron chi connectivity index (χ4n) is 2.32. The lowest BCUT2D eigenvalue weighted by Crippen LogP contribution is -2.28. The molecule has 0 saturated heterocycles. The Hall–Kier alpha value is -2.83. The molecule has 1 rings (SSSR count). The minimum atomic E-state index is -0.505. The molecule has 0 aliphatic carbocycles. The average molecular weight is 390 g/mol. The van der Waals surface area contributed by atoms with Crippen molar-refractivity contribution in [1.82, 2.24) is 10.6 Å². The van der Waals surface area contributed by atoms with Gasteiger partial charge in [0.2, 0.25) is 5.91 Å². The number of rotatable bonds is 12. The van der Waals surface area contributed by atoms with E-state index in [0.717, 1.165) is 24.8 Å². The lowest BCUT2D eigenvalue weighted by Gasteiger charge is -2.08. The van der Waals surface area contributed by atoms with Crippen LogP contribution in [0.3, 0.4) is 0 Å². The molecular weight excluding hydrogens is 360 g/mol. The highest BCUT2D eigenvalue weighted by Gasteiger charge is 2.06. The van der Waals surface area contributed by atoms with Crippen molar-refractivity contribution in [2.45, 2.75) is 46.0 Å². The van der Waals surface area contributed by atoms with E-state index >= 15 is 0 Å². The molecule has 0 spiro atoms. The second kappa shape index (κ2) is 13.4. The van der Waals surface area contributed by atoms with Crippen LogP contribution >= 0.6 is 0 Å². The topological polar surface area (TPSA) is 93.7 Å². The van der Waals surface area contributed by atoms with E-state index in [0.29, 0.717) is 43.9 Å². The van der Waals surface area contributed by atoms with Crippen LogP contribution in [0.4, 0.5) is 4.79 Å². The Morgan fingerprint density at radius 1 is 1.00 bits per heavy atom. The van der Waals surface area contributed by atoms with Crippen molar-refractivity contribution in [2.24, 2.45) is 0 Å². The standard InChI is InChI=1S/C21H30N2O5/c1-4-27-19(24)13-10-17-8-11-18(12-9-17)28-21(26)23-15-7-5-6-14-22-20(25)16(2)3/h8-9,11-12H,2,4-7,10,13-15H2,1,3H3,(H,22,25)(H,23,26). The Balaban J connectivity index is 2.15. The van der Waals surface area contributed by atoms with Crippen molar-refractivity contribution in [2.75, 3.05) is 19.7 Å². The number of hydrogen-bond donors (Lipinski definition) is 2. The molecule has 0 aromatic heterocycles. The molecule has 0 radical (unpaired) electrons. The van der Waals surface area contributed by atoms with Gasteiger partial charge in [0.15, 0.2) is 0 Å². The van der Waals surface area contributed by atoms with E-state index < -0.39 is 6.09 Å². The Bertz CT molecular complexity index is 655. The van der Waals surface area contributed by atoms with Crippen molar-refractivity contribution in [3.63, 3.8) is 0 Å². The van der Waals surface area contributed by atoms with Gasteiger partial charge in [0, 0.05) is 25.1 Å². The molecule has 0 bridgehead atoms. The summed E-state index contributed by atoms with van der Waals surface area (Å²) in [5.41, 5.74) is 1.47. The van der Waals surface area contributed by atoms with Gasteiger partial charge in [-0.05, 0) is 57.2 Å². The number of hydrogen-bond acceptors (Lipinski definition) is 5. The van der Waals surface area contributed by atoms with E-state index in [1.54, 1.807) is 26.0 Å². The molecule has 0 saturated carbocycles. The fourth-order valence-corrected chi connectivity index (χ4v) is 2.32. The number of carbonyl (C=O) groups is 3. The van der Waals surface area contributed by atoms with Crippen LogP contribution in [0, 0.1) is 0 Å². The first kappa shape index (κ1) is 23.2. The molecule has 1 aromatic rings. The largest absolute Gasteiger partial charge is 0.466 e. The molecule has 2 amide bonds. The molecule has 0 fully saturated rings. The normalized spacial score (nSPS) is 10.1. The summed E-state index contributed by atoms with van der Waals surface area (Å²) in [6.45, 7) is 8.50. The van der Waals surface area contributed by atoms with Crippen LogP contribution in [-0.4, -0.2) is 37.7 Å². The SMILES string of the molecule is C=C(C)C(=O)NCCCCCNC(=O)Oc1ccc(CCC(=O)OCC)cc1. The Morgan fingerprint density at radius 2 is 1.64 bits per heavy atom. The minimum Gasteiger partial charge on any atom is -0.466 e. The van der Waals surface area contributed by atoms with Crippen LogP contribution in [0.1, 0.15) is 45.1 Å². The number of unbranched alkanes of at least 4 members (excludes halogenated alkanes) is 2. The van der Waals surface area contributed by atoms with Crippen molar-refractivity contribution < 1.29 is 23.9 Å². The first-order chi connectivity index (χ1) is 13.4. The highest BCUT2D eigenvalue weighted by atomic mass is 16.6. The van der Waals surface area contributed by atoms with Crippen LogP contribution in [-0.2, 0) is 20.7 Å². The lowest BCUT2D eigenvalue weighted by atomic mass is 10.1. The highest BCUT2D eigenvalue weighted by Crippen LogP contribution is 2.14. The highest BCUT2D eigenvalue weighted by molar-refractivity contribution is 5.92. The number of ether oxygens (including phenoxy) is 2. The summed E-state index contributed by atoms with van der Waals surface area (Å²) in [7, 11) is 0. The second-order valence-corrected chi connectivity index (χ2v) is 6.36. The zero-order valence-corrected chi connectivity index (χ0v) is 16.7. The van der Waals surface area contributed by atoms with E-state index in [-0.39, 0.29) is 11.9 Å². The molecule has 2 N–H and O–H groups in total. The van der Waals surface area contributed by atoms with Gasteiger partial charge in [-0.3, -0.25) is 9.59 Å². The predicted octanol–water partition coefficient (Wildman–Crippen LogP) is 3.13. The van der Waals surface area contributed by atoms with Crippen LogP contribution in [0.2, 0.25) is 0 Å². The number of nitrogens with one attached hydrogen (secondary N) is 2.